The number of aliphatic hydroxyl groups is 1. The van der Waals surface area contributed by atoms with Gasteiger partial charge < -0.3 is 25.4 Å². The van der Waals surface area contributed by atoms with Gasteiger partial charge in [-0.15, -0.1) is 18.3 Å². The molecule has 3 amide bonds. The second-order valence-corrected chi connectivity index (χ2v) is 11.8. The minimum Gasteiger partial charge on any atom is -0.450 e. The molecule has 0 bridgehead atoms. The van der Waals surface area contributed by atoms with E-state index in [4.69, 9.17) is 4.74 Å². The van der Waals surface area contributed by atoms with Gasteiger partial charge in [-0.1, -0.05) is 60.7 Å². The van der Waals surface area contributed by atoms with Gasteiger partial charge in [-0.2, -0.15) is 0 Å². The van der Waals surface area contributed by atoms with Crippen molar-refractivity contribution in [2.75, 3.05) is 12.5 Å². The zero-order valence-electron chi connectivity index (χ0n) is 22.9. The maximum Gasteiger partial charge on any atom is 0.407 e. The molecule has 0 radical (unpaired) electrons. The van der Waals surface area contributed by atoms with Crippen LogP contribution in [0.5, 0.6) is 0 Å². The Morgan fingerprint density at radius 1 is 1.18 bits per heavy atom. The second-order valence-electron chi connectivity index (χ2n) is 10.2. The first-order valence-electron chi connectivity index (χ1n) is 13.2. The molecule has 1 aliphatic rings. The summed E-state index contributed by atoms with van der Waals surface area (Å²) in [6.07, 6.45) is 0.996. The van der Waals surface area contributed by atoms with Gasteiger partial charge in [0.2, 0.25) is 5.91 Å². The Morgan fingerprint density at radius 3 is 2.56 bits per heavy atom. The van der Waals surface area contributed by atoms with Crippen molar-refractivity contribution in [3.05, 3.63) is 83.9 Å². The first-order chi connectivity index (χ1) is 18.6. The highest BCUT2D eigenvalue weighted by molar-refractivity contribution is 8.00. The highest BCUT2D eigenvalue weighted by atomic mass is 32.2. The Bertz CT molecular complexity index is 1140. The number of benzene rings is 2. The van der Waals surface area contributed by atoms with Gasteiger partial charge in [0, 0.05) is 11.3 Å². The number of thioether (sulfide) groups is 1. The van der Waals surface area contributed by atoms with E-state index in [2.05, 4.69) is 17.2 Å². The summed E-state index contributed by atoms with van der Waals surface area (Å²) >= 11 is 1.47. The number of aliphatic hydroxyl groups excluding tert-OH is 1. The van der Waals surface area contributed by atoms with E-state index in [1.807, 2.05) is 75.4 Å². The number of ether oxygens (including phenoxy) is 1. The maximum atomic E-state index is 13.7. The zero-order chi connectivity index (χ0) is 28.4. The molecule has 2 aromatic carbocycles. The van der Waals surface area contributed by atoms with E-state index < -0.39 is 34.9 Å². The molecule has 8 nitrogen and oxygen atoms in total. The molecule has 2 aromatic rings. The van der Waals surface area contributed by atoms with Gasteiger partial charge in [0.25, 0.3) is 5.91 Å². The monoisotopic (exact) mass is 553 g/mol. The van der Waals surface area contributed by atoms with E-state index in [1.165, 1.54) is 16.7 Å². The summed E-state index contributed by atoms with van der Waals surface area (Å²) in [5.41, 5.74) is 2.89. The fraction of sp³-hybridized carbons (Fsp3) is 0.433. The number of hydrogen-bond donors (Lipinski definition) is 3. The minimum atomic E-state index is -1.58. The SMILES string of the molecule is C=CCCCOC(=O)NC(Cc1ccccc1)C(O)C(=O)N1CSC(C)(C)C1C(=O)NCc1ccccc1C. The van der Waals surface area contributed by atoms with Crippen molar-refractivity contribution in [2.24, 2.45) is 0 Å². The highest BCUT2D eigenvalue weighted by Crippen LogP contribution is 2.40. The summed E-state index contributed by atoms with van der Waals surface area (Å²) in [5, 5.41) is 16.9. The first-order valence-corrected chi connectivity index (χ1v) is 14.2. The summed E-state index contributed by atoms with van der Waals surface area (Å²) in [5.74, 6) is -0.657. The van der Waals surface area contributed by atoms with Gasteiger partial charge in [0.1, 0.15) is 6.04 Å². The second kappa shape index (κ2) is 14.2. The molecule has 1 heterocycles. The summed E-state index contributed by atoms with van der Waals surface area (Å²) in [6.45, 7) is 9.99. The first kappa shape index (κ1) is 30.2. The minimum absolute atomic E-state index is 0.194. The van der Waals surface area contributed by atoms with Crippen molar-refractivity contribution in [3.8, 4) is 0 Å². The van der Waals surface area contributed by atoms with Gasteiger partial charge in [0.05, 0.1) is 18.5 Å². The number of alkyl carbamates (subject to hydrolysis) is 1. The lowest BCUT2D eigenvalue weighted by Gasteiger charge is -2.33. The van der Waals surface area contributed by atoms with Gasteiger partial charge in [-0.05, 0) is 56.7 Å². The predicted molar refractivity (Wildman–Crippen MR) is 154 cm³/mol. The van der Waals surface area contributed by atoms with Crippen molar-refractivity contribution in [1.82, 2.24) is 15.5 Å². The average Bonchev–Trinajstić information content (AvgIpc) is 3.24. The third-order valence-corrected chi connectivity index (χ3v) is 8.19. The summed E-state index contributed by atoms with van der Waals surface area (Å²) < 4.78 is 4.67. The van der Waals surface area contributed by atoms with Crippen molar-refractivity contribution >= 4 is 29.7 Å². The van der Waals surface area contributed by atoms with Crippen LogP contribution in [-0.2, 0) is 27.3 Å². The van der Waals surface area contributed by atoms with E-state index in [1.54, 1.807) is 6.08 Å². The quantitative estimate of drug-likeness (QED) is 0.271. The fourth-order valence-electron chi connectivity index (χ4n) is 4.54. The number of hydrogen-bond acceptors (Lipinski definition) is 6. The number of allylic oxidation sites excluding steroid dienone is 1. The van der Waals surface area contributed by atoms with Crippen LogP contribution < -0.4 is 10.6 Å². The van der Waals surface area contributed by atoms with Crippen LogP contribution in [0.1, 0.15) is 43.4 Å². The molecule has 39 heavy (non-hydrogen) atoms. The summed E-state index contributed by atoms with van der Waals surface area (Å²) in [7, 11) is 0. The fourth-order valence-corrected chi connectivity index (χ4v) is 5.68. The van der Waals surface area contributed by atoms with Crippen molar-refractivity contribution in [3.63, 3.8) is 0 Å². The molecule has 1 aliphatic heterocycles. The largest absolute Gasteiger partial charge is 0.450 e. The van der Waals surface area contributed by atoms with Gasteiger partial charge in [-0.25, -0.2) is 4.79 Å². The number of nitrogens with one attached hydrogen (secondary N) is 2. The van der Waals surface area contributed by atoms with E-state index >= 15 is 0 Å². The average molecular weight is 554 g/mol. The molecule has 0 spiro atoms. The molecule has 0 saturated carbocycles. The summed E-state index contributed by atoms with van der Waals surface area (Å²) in [6, 6.07) is 15.3. The number of amides is 3. The number of carbonyl (C=O) groups is 3. The van der Waals surface area contributed by atoms with Crippen LogP contribution in [0.2, 0.25) is 0 Å². The zero-order valence-corrected chi connectivity index (χ0v) is 23.7. The predicted octanol–water partition coefficient (Wildman–Crippen LogP) is 3.96. The lowest BCUT2D eigenvalue weighted by Crippen LogP contribution is -2.58. The van der Waals surface area contributed by atoms with E-state index in [-0.39, 0.29) is 24.8 Å². The van der Waals surface area contributed by atoms with Crippen LogP contribution >= 0.6 is 11.8 Å². The Hall–Kier alpha value is -3.30. The topological polar surface area (TPSA) is 108 Å². The van der Waals surface area contributed by atoms with E-state index in [0.29, 0.717) is 19.4 Å². The van der Waals surface area contributed by atoms with Crippen LogP contribution in [0.3, 0.4) is 0 Å². The third-order valence-electron chi connectivity index (χ3n) is 6.81. The molecule has 3 rings (SSSR count). The van der Waals surface area contributed by atoms with Crippen LogP contribution in [0.15, 0.2) is 67.3 Å². The molecule has 3 atom stereocenters. The van der Waals surface area contributed by atoms with Crippen molar-refractivity contribution in [1.29, 1.82) is 0 Å². The van der Waals surface area contributed by atoms with Crippen molar-refractivity contribution < 1.29 is 24.2 Å². The number of carbonyl (C=O) groups excluding carboxylic acids is 3. The Kier molecular flexibility index (Phi) is 11.0. The molecule has 210 valence electrons. The highest BCUT2D eigenvalue weighted by Gasteiger charge is 2.49. The molecular weight excluding hydrogens is 514 g/mol. The molecule has 1 fully saturated rings. The standard InChI is InChI=1S/C30H39N3O5S/c1-5-6-12-17-38-29(37)32-24(18-22-14-8-7-9-15-22)25(34)28(36)33-20-39-30(3,4)26(33)27(35)31-19-23-16-11-10-13-21(23)2/h5,7-11,13-16,24-26,34H,1,6,12,17-20H2,2-4H3,(H,31,35)(H,32,37). The Morgan fingerprint density at radius 2 is 1.87 bits per heavy atom. The smallest absolute Gasteiger partial charge is 0.407 e. The molecule has 0 aliphatic carbocycles. The van der Waals surface area contributed by atoms with Crippen LogP contribution in [0.25, 0.3) is 0 Å². The van der Waals surface area contributed by atoms with E-state index in [9.17, 15) is 19.5 Å². The van der Waals surface area contributed by atoms with Crippen molar-refractivity contribution in [2.45, 2.75) is 69.5 Å². The molecule has 0 aromatic heterocycles. The van der Waals surface area contributed by atoms with Crippen LogP contribution in [-0.4, -0.2) is 63.3 Å². The number of unbranched alkanes of at least 4 members (excludes halogenated alkanes) is 1. The van der Waals surface area contributed by atoms with Gasteiger partial charge >= 0.3 is 6.09 Å². The maximum absolute atomic E-state index is 13.7. The molecule has 3 N–H and O–H groups in total. The molecule has 3 unspecified atom stereocenters. The third kappa shape index (κ3) is 8.34. The lowest BCUT2D eigenvalue weighted by molar-refractivity contribution is -0.147. The van der Waals surface area contributed by atoms with Gasteiger partial charge in [-0.3, -0.25) is 9.59 Å². The number of rotatable bonds is 12. The van der Waals surface area contributed by atoms with Crippen LogP contribution in [0.4, 0.5) is 4.79 Å². The van der Waals surface area contributed by atoms with E-state index in [0.717, 1.165) is 16.7 Å². The molecule has 9 heteroatoms. The molecule has 1 saturated heterocycles. The molecular formula is C30H39N3O5S. The van der Waals surface area contributed by atoms with Crippen LogP contribution in [0, 0.1) is 6.92 Å². The van der Waals surface area contributed by atoms with Gasteiger partial charge in [0.15, 0.2) is 6.10 Å². The number of nitrogens with zero attached hydrogens (tertiary/aromatic N) is 1. The Balaban J connectivity index is 1.74. The lowest BCUT2D eigenvalue weighted by atomic mass is 9.97. The summed E-state index contributed by atoms with van der Waals surface area (Å²) in [4.78, 5) is 41.0. The normalized spacial score (nSPS) is 17.6. The number of aryl methyl sites for hydroxylation is 1. The Labute approximate surface area is 235 Å².